The molecule has 1 aromatic heterocycles. The summed E-state index contributed by atoms with van der Waals surface area (Å²) in [6.45, 7) is 0. The summed E-state index contributed by atoms with van der Waals surface area (Å²) in [4.78, 5) is 17.4. The number of anilines is 1. The van der Waals surface area contributed by atoms with E-state index in [4.69, 9.17) is 9.47 Å². The number of methoxy groups -OCH3 is 2. The van der Waals surface area contributed by atoms with E-state index in [9.17, 15) is 13.2 Å². The highest BCUT2D eigenvalue weighted by molar-refractivity contribution is 8.00. The first-order chi connectivity index (χ1) is 17.9. The fourth-order valence-corrected chi connectivity index (χ4v) is 6.53. The summed E-state index contributed by atoms with van der Waals surface area (Å²) < 4.78 is 39.4. The van der Waals surface area contributed by atoms with E-state index in [0.29, 0.717) is 28.2 Å². The van der Waals surface area contributed by atoms with Crippen LogP contribution in [0.15, 0.2) is 95.0 Å². The van der Waals surface area contributed by atoms with E-state index in [1.807, 2.05) is 24.3 Å². The summed E-state index contributed by atoms with van der Waals surface area (Å²) in [7, 11) is -0.950. The zero-order chi connectivity index (χ0) is 26.0. The first-order valence-electron chi connectivity index (χ1n) is 11.3. The van der Waals surface area contributed by atoms with E-state index in [1.165, 1.54) is 18.2 Å². The molecule has 0 fully saturated rings. The van der Waals surface area contributed by atoms with Crippen LogP contribution in [0.2, 0.25) is 0 Å². The van der Waals surface area contributed by atoms with Crippen LogP contribution in [0.1, 0.15) is 0 Å². The van der Waals surface area contributed by atoms with Gasteiger partial charge in [0.15, 0.2) is 16.7 Å². The lowest BCUT2D eigenvalue weighted by molar-refractivity contribution is -0.113. The number of carbonyl (C=O) groups is 1. The minimum atomic E-state index is -4.00. The molecule has 5 rings (SSSR count). The van der Waals surface area contributed by atoms with Crippen molar-refractivity contribution >= 4 is 55.2 Å². The zero-order valence-electron chi connectivity index (χ0n) is 20.0. The number of nitrogens with one attached hydrogen (secondary N) is 1. The van der Waals surface area contributed by atoms with Crippen LogP contribution in [0.4, 0.5) is 5.69 Å². The van der Waals surface area contributed by atoms with E-state index in [-0.39, 0.29) is 21.7 Å². The maximum Gasteiger partial charge on any atom is 0.270 e. The molecule has 1 amide bonds. The van der Waals surface area contributed by atoms with E-state index in [2.05, 4.69) is 10.3 Å². The average Bonchev–Trinajstić information content (AvgIpc) is 3.31. The van der Waals surface area contributed by atoms with Gasteiger partial charge >= 0.3 is 0 Å². The molecule has 0 unspecified atom stereocenters. The summed E-state index contributed by atoms with van der Waals surface area (Å²) in [5.74, 6) is 0.655. The Balaban J connectivity index is 1.45. The zero-order valence-corrected chi connectivity index (χ0v) is 21.7. The number of aromatic nitrogens is 2. The van der Waals surface area contributed by atoms with Crippen LogP contribution in [0.5, 0.6) is 11.5 Å². The summed E-state index contributed by atoms with van der Waals surface area (Å²) in [6.07, 6.45) is 0. The van der Waals surface area contributed by atoms with E-state index < -0.39 is 10.0 Å². The number of para-hydroxylation sites is 2. The molecule has 4 aromatic carbocycles. The van der Waals surface area contributed by atoms with Gasteiger partial charge in [0.1, 0.15) is 0 Å². The van der Waals surface area contributed by atoms with Gasteiger partial charge < -0.3 is 14.8 Å². The number of fused-ring (bicyclic) bond motifs is 2. The lowest BCUT2D eigenvalue weighted by atomic mass is 10.1. The minimum absolute atomic E-state index is 0.0507. The molecule has 0 atom stereocenters. The van der Waals surface area contributed by atoms with Crippen LogP contribution >= 0.6 is 11.8 Å². The van der Waals surface area contributed by atoms with Crippen LogP contribution in [-0.2, 0) is 14.8 Å². The van der Waals surface area contributed by atoms with Crippen LogP contribution in [0, 0.1) is 0 Å². The average molecular weight is 534 g/mol. The highest BCUT2D eigenvalue weighted by Gasteiger charge is 2.25. The molecule has 0 saturated carbocycles. The van der Waals surface area contributed by atoms with Crippen molar-refractivity contribution in [3.05, 3.63) is 84.9 Å². The summed E-state index contributed by atoms with van der Waals surface area (Å²) >= 11 is 1.05. The highest BCUT2D eigenvalue weighted by Crippen LogP contribution is 2.32. The van der Waals surface area contributed by atoms with Crippen LogP contribution in [0.25, 0.3) is 21.8 Å². The largest absolute Gasteiger partial charge is 0.493 e. The molecule has 1 heterocycles. The van der Waals surface area contributed by atoms with Gasteiger partial charge in [0.25, 0.3) is 10.0 Å². The molecular weight excluding hydrogens is 510 g/mol. The molecule has 0 aliphatic carbocycles. The number of rotatable bonds is 8. The monoisotopic (exact) mass is 533 g/mol. The number of benzene rings is 4. The Kier molecular flexibility index (Phi) is 6.77. The van der Waals surface area contributed by atoms with E-state index in [1.54, 1.807) is 60.7 Å². The van der Waals surface area contributed by atoms with Crippen molar-refractivity contribution in [3.63, 3.8) is 0 Å². The third kappa shape index (κ3) is 4.85. The minimum Gasteiger partial charge on any atom is -0.493 e. The molecule has 0 aliphatic heterocycles. The highest BCUT2D eigenvalue weighted by atomic mass is 32.2. The van der Waals surface area contributed by atoms with E-state index in [0.717, 1.165) is 22.5 Å². The van der Waals surface area contributed by atoms with Crippen molar-refractivity contribution in [1.82, 2.24) is 8.96 Å². The molecule has 0 radical (unpaired) electrons. The quantitative estimate of drug-likeness (QED) is 0.275. The van der Waals surface area contributed by atoms with Crippen molar-refractivity contribution in [2.45, 2.75) is 10.1 Å². The van der Waals surface area contributed by atoms with Gasteiger partial charge in [0.05, 0.1) is 35.9 Å². The van der Waals surface area contributed by atoms with Crippen LogP contribution < -0.4 is 14.8 Å². The van der Waals surface area contributed by atoms with Gasteiger partial charge in [-0.05, 0) is 47.2 Å². The second-order valence-corrected chi connectivity index (χ2v) is 10.8. The maximum atomic E-state index is 13.8. The molecule has 0 bridgehead atoms. The van der Waals surface area contributed by atoms with Crippen LogP contribution in [-0.4, -0.2) is 43.3 Å². The number of hydrogen-bond acceptors (Lipinski definition) is 7. The Morgan fingerprint density at radius 3 is 2.41 bits per heavy atom. The van der Waals surface area contributed by atoms with Crippen LogP contribution in [0.3, 0.4) is 0 Å². The number of imidazole rings is 1. The third-order valence-corrected chi connectivity index (χ3v) is 8.50. The predicted octanol–water partition coefficient (Wildman–Crippen LogP) is 5.17. The first-order valence-corrected chi connectivity index (χ1v) is 13.7. The summed E-state index contributed by atoms with van der Waals surface area (Å²) in [5.41, 5.74) is 1.49. The molecule has 0 aliphatic rings. The van der Waals surface area contributed by atoms with Crippen molar-refractivity contribution < 1.29 is 22.7 Å². The van der Waals surface area contributed by atoms with Crippen molar-refractivity contribution in [2.75, 3.05) is 25.3 Å². The molecule has 10 heteroatoms. The fourth-order valence-electron chi connectivity index (χ4n) is 3.98. The van der Waals surface area contributed by atoms with Crippen molar-refractivity contribution in [1.29, 1.82) is 0 Å². The van der Waals surface area contributed by atoms with Gasteiger partial charge in [-0.15, -0.1) is 0 Å². The second-order valence-electron chi connectivity index (χ2n) is 8.07. The third-order valence-electron chi connectivity index (χ3n) is 5.75. The van der Waals surface area contributed by atoms with Gasteiger partial charge in [-0.3, -0.25) is 4.79 Å². The summed E-state index contributed by atoms with van der Waals surface area (Å²) in [6, 6.07) is 24.6. The molecule has 0 spiro atoms. The Hall–Kier alpha value is -4.02. The summed E-state index contributed by atoms with van der Waals surface area (Å²) in [5, 5.41) is 4.76. The number of thioether (sulfide) groups is 1. The number of nitrogens with zero attached hydrogens (tertiary/aromatic N) is 2. The van der Waals surface area contributed by atoms with Gasteiger partial charge in [-0.1, -0.05) is 54.2 Å². The SMILES string of the molecule is COc1ccc(NC(=O)CSc2nc3ccccc3n2S(=O)(=O)c2ccc3ccccc3c2)cc1OC. The Bertz CT molecular complexity index is 1730. The lowest BCUT2D eigenvalue weighted by Gasteiger charge is -2.12. The lowest BCUT2D eigenvalue weighted by Crippen LogP contribution is -2.17. The topological polar surface area (TPSA) is 99.5 Å². The maximum absolute atomic E-state index is 13.8. The van der Waals surface area contributed by atoms with Gasteiger partial charge in [-0.2, -0.15) is 0 Å². The Morgan fingerprint density at radius 2 is 1.62 bits per heavy atom. The Labute approximate surface area is 218 Å². The number of carbonyl (C=O) groups excluding carboxylic acids is 1. The van der Waals surface area contributed by atoms with Crippen molar-refractivity contribution in [3.8, 4) is 11.5 Å². The molecule has 37 heavy (non-hydrogen) atoms. The molecule has 188 valence electrons. The molecule has 0 saturated heterocycles. The smallest absolute Gasteiger partial charge is 0.270 e. The van der Waals surface area contributed by atoms with E-state index >= 15 is 0 Å². The molecule has 5 aromatic rings. The van der Waals surface area contributed by atoms with Gasteiger partial charge in [-0.25, -0.2) is 17.4 Å². The standard InChI is InChI=1S/C27H23N3O5S2/c1-34-24-14-12-20(16-25(24)35-2)28-26(31)17-36-27-29-22-9-5-6-10-23(22)30(27)37(32,33)21-13-11-18-7-3-4-8-19(18)15-21/h3-16H,17H2,1-2H3,(H,28,31). The fraction of sp³-hybridized carbons (Fsp3) is 0.111. The Morgan fingerprint density at radius 1 is 0.892 bits per heavy atom. The molecule has 1 N–H and O–H groups in total. The normalized spacial score (nSPS) is 11.5. The number of hydrogen-bond donors (Lipinski definition) is 1. The van der Waals surface area contributed by atoms with Crippen molar-refractivity contribution in [2.24, 2.45) is 0 Å². The number of amides is 1. The predicted molar refractivity (Wildman–Crippen MR) is 145 cm³/mol. The van der Waals surface area contributed by atoms with Gasteiger partial charge in [0.2, 0.25) is 5.91 Å². The molecule has 8 nitrogen and oxygen atoms in total. The second kappa shape index (κ2) is 10.2. The van der Waals surface area contributed by atoms with Gasteiger partial charge in [0, 0.05) is 11.8 Å². The number of ether oxygens (including phenoxy) is 2. The first kappa shape index (κ1) is 24.7. The molecular formula is C27H23N3O5S2.